The maximum absolute atomic E-state index is 11.9. The average molecular weight is 365 g/mol. The molecule has 4 rings (SSSR count). The zero-order chi connectivity index (χ0) is 19.2. The highest BCUT2D eigenvalue weighted by Crippen LogP contribution is 2.49. The first kappa shape index (κ1) is 18.1. The second-order valence-electron chi connectivity index (χ2n) is 8.32. The summed E-state index contributed by atoms with van der Waals surface area (Å²) >= 11 is 0. The van der Waals surface area contributed by atoms with Gasteiger partial charge in [0.1, 0.15) is 5.75 Å². The van der Waals surface area contributed by atoms with Crippen LogP contribution in [-0.4, -0.2) is 23.5 Å². The Hall–Kier alpha value is -2.33. The second-order valence-corrected chi connectivity index (χ2v) is 8.32. The van der Waals surface area contributed by atoms with Crippen LogP contribution >= 0.6 is 0 Å². The van der Waals surface area contributed by atoms with Gasteiger partial charge in [0.05, 0.1) is 12.5 Å². The molecule has 1 aromatic heterocycles. The van der Waals surface area contributed by atoms with Crippen LogP contribution in [0.15, 0.2) is 53.4 Å². The minimum Gasteiger partial charge on any atom is -0.472 e. The fourth-order valence-corrected chi connectivity index (χ4v) is 4.76. The second kappa shape index (κ2) is 6.68. The molecule has 0 saturated carbocycles. The first-order chi connectivity index (χ1) is 12.9. The molecule has 0 unspecified atom stereocenters. The van der Waals surface area contributed by atoms with Crippen molar-refractivity contribution in [1.29, 1.82) is 0 Å². The number of piperidine rings is 1. The highest BCUT2D eigenvalue weighted by Gasteiger charge is 2.48. The lowest BCUT2D eigenvalue weighted by Gasteiger charge is -2.54. The van der Waals surface area contributed by atoms with Crippen molar-refractivity contribution in [2.45, 2.75) is 51.6 Å². The van der Waals surface area contributed by atoms with Gasteiger partial charge < -0.3 is 9.15 Å². The maximum Gasteiger partial charge on any atom is 0.338 e. The number of furan rings is 1. The molecule has 0 amide bonds. The first-order valence-corrected chi connectivity index (χ1v) is 9.64. The molecule has 0 N–H and O–H groups in total. The van der Waals surface area contributed by atoms with E-state index in [0.29, 0.717) is 23.3 Å². The molecule has 3 atom stereocenters. The van der Waals surface area contributed by atoms with Gasteiger partial charge in [-0.3, -0.25) is 4.90 Å². The molecule has 1 aliphatic heterocycles. The molecule has 2 aliphatic rings. The first-order valence-electron chi connectivity index (χ1n) is 9.64. The predicted octanol–water partition coefficient (Wildman–Crippen LogP) is 4.49. The minimum atomic E-state index is -0.364. The molecule has 2 aromatic rings. The topological polar surface area (TPSA) is 42.7 Å². The molecule has 0 spiro atoms. The summed E-state index contributed by atoms with van der Waals surface area (Å²) in [6, 6.07) is 8.69. The molecular formula is C23H27NO3. The number of fused-ring (bicyclic) bond motifs is 4. The van der Waals surface area contributed by atoms with Gasteiger partial charge in [-0.15, -0.1) is 0 Å². The van der Waals surface area contributed by atoms with Crippen molar-refractivity contribution in [1.82, 2.24) is 4.90 Å². The van der Waals surface area contributed by atoms with E-state index >= 15 is 0 Å². The monoisotopic (exact) mass is 365 g/mol. The Labute approximate surface area is 160 Å². The third-order valence-corrected chi connectivity index (χ3v) is 6.62. The predicted molar refractivity (Wildman–Crippen MR) is 105 cm³/mol. The molecule has 2 heterocycles. The van der Waals surface area contributed by atoms with Gasteiger partial charge in [-0.2, -0.15) is 0 Å². The third kappa shape index (κ3) is 3.12. The summed E-state index contributed by atoms with van der Waals surface area (Å²) in [5.41, 5.74) is 4.45. The van der Waals surface area contributed by atoms with Crippen molar-refractivity contribution < 1.29 is 13.9 Å². The third-order valence-electron chi connectivity index (χ3n) is 6.62. The number of hydrogen-bond donors (Lipinski definition) is 0. The molecule has 0 radical (unpaired) electrons. The van der Waals surface area contributed by atoms with Crippen LogP contribution in [0, 0.1) is 5.92 Å². The standard InChI is InChI=1S/C23H27NO3/c1-15(2)22(25)27-19-6-5-18-11-21-16(3)23(4,20(18)12-19)8-9-24(21)13-17-7-10-26-14-17/h5-7,10,12,14,16,21H,1,8-9,11,13H2,2-4H3/t16-,21+,23+/m1/s1. The molecule has 27 heavy (non-hydrogen) atoms. The van der Waals surface area contributed by atoms with E-state index in [1.54, 1.807) is 13.2 Å². The number of hydrogen-bond acceptors (Lipinski definition) is 4. The fourth-order valence-electron chi connectivity index (χ4n) is 4.76. The van der Waals surface area contributed by atoms with E-state index in [1.807, 2.05) is 12.3 Å². The summed E-state index contributed by atoms with van der Waals surface area (Å²) in [7, 11) is 0. The summed E-state index contributed by atoms with van der Waals surface area (Å²) in [6.07, 6.45) is 5.71. The van der Waals surface area contributed by atoms with Crippen molar-refractivity contribution in [3.63, 3.8) is 0 Å². The fraction of sp³-hybridized carbons (Fsp3) is 0.435. The zero-order valence-corrected chi connectivity index (χ0v) is 16.3. The number of nitrogens with zero attached hydrogens (tertiary/aromatic N) is 1. The molecule has 1 aromatic carbocycles. The highest BCUT2D eigenvalue weighted by molar-refractivity contribution is 5.88. The van der Waals surface area contributed by atoms with E-state index in [-0.39, 0.29) is 11.4 Å². The highest BCUT2D eigenvalue weighted by atomic mass is 16.5. The van der Waals surface area contributed by atoms with Crippen LogP contribution in [0.25, 0.3) is 0 Å². The van der Waals surface area contributed by atoms with Crippen LogP contribution in [0.2, 0.25) is 0 Å². The molecule has 2 bridgehead atoms. The molecular weight excluding hydrogens is 338 g/mol. The van der Waals surface area contributed by atoms with Crippen LogP contribution in [0.5, 0.6) is 5.75 Å². The Balaban J connectivity index is 1.62. The number of ether oxygens (including phenoxy) is 1. The molecule has 1 saturated heterocycles. The Kier molecular flexibility index (Phi) is 4.47. The van der Waals surface area contributed by atoms with Crippen molar-refractivity contribution >= 4 is 5.97 Å². The molecule has 4 heteroatoms. The molecule has 4 nitrogen and oxygen atoms in total. The number of esters is 1. The molecule has 1 fully saturated rings. The summed E-state index contributed by atoms with van der Waals surface area (Å²) in [5, 5.41) is 0. The maximum atomic E-state index is 11.9. The normalized spacial score (nSPS) is 27.1. The van der Waals surface area contributed by atoms with Crippen molar-refractivity contribution in [3.05, 3.63) is 65.6 Å². The van der Waals surface area contributed by atoms with Gasteiger partial charge in [-0.05, 0) is 67.0 Å². The summed E-state index contributed by atoms with van der Waals surface area (Å²) < 4.78 is 10.7. The van der Waals surface area contributed by atoms with Gasteiger partial charge in [-0.1, -0.05) is 26.5 Å². The lowest BCUT2D eigenvalue weighted by atomic mass is 9.59. The Bertz CT molecular complexity index is 870. The average Bonchev–Trinajstić information content (AvgIpc) is 3.14. The Morgan fingerprint density at radius 1 is 1.41 bits per heavy atom. The van der Waals surface area contributed by atoms with Crippen LogP contribution in [0.1, 0.15) is 43.9 Å². The molecule has 1 aliphatic carbocycles. The number of carbonyl (C=O) groups is 1. The SMILES string of the molecule is C=C(C)C(=O)Oc1ccc2c(c1)[C@@]1(C)CCN(Cc3ccoc3)[C@@H](C2)[C@H]1C. The van der Waals surface area contributed by atoms with E-state index in [4.69, 9.17) is 9.15 Å². The van der Waals surface area contributed by atoms with E-state index in [2.05, 4.69) is 43.5 Å². The summed E-state index contributed by atoms with van der Waals surface area (Å²) in [5.74, 6) is 0.781. The Morgan fingerprint density at radius 2 is 2.22 bits per heavy atom. The van der Waals surface area contributed by atoms with Gasteiger partial charge >= 0.3 is 5.97 Å². The van der Waals surface area contributed by atoms with E-state index in [0.717, 1.165) is 25.9 Å². The minimum absolute atomic E-state index is 0.0940. The largest absolute Gasteiger partial charge is 0.472 e. The number of benzene rings is 1. The van der Waals surface area contributed by atoms with Crippen LogP contribution in [0.3, 0.4) is 0 Å². The lowest BCUT2D eigenvalue weighted by molar-refractivity contribution is -0.130. The van der Waals surface area contributed by atoms with Crippen LogP contribution in [0.4, 0.5) is 0 Å². The van der Waals surface area contributed by atoms with Gasteiger partial charge in [0.2, 0.25) is 0 Å². The van der Waals surface area contributed by atoms with E-state index in [1.165, 1.54) is 16.7 Å². The number of rotatable bonds is 4. The summed E-state index contributed by atoms with van der Waals surface area (Å²) in [4.78, 5) is 14.5. The van der Waals surface area contributed by atoms with Crippen molar-refractivity contribution in [3.8, 4) is 5.75 Å². The van der Waals surface area contributed by atoms with Crippen molar-refractivity contribution in [2.24, 2.45) is 5.92 Å². The van der Waals surface area contributed by atoms with Gasteiger partial charge in [-0.25, -0.2) is 4.79 Å². The van der Waals surface area contributed by atoms with Crippen LogP contribution < -0.4 is 4.74 Å². The van der Waals surface area contributed by atoms with Crippen LogP contribution in [-0.2, 0) is 23.2 Å². The number of likely N-dealkylation sites (tertiary alicyclic amines) is 1. The van der Waals surface area contributed by atoms with Crippen molar-refractivity contribution in [2.75, 3.05) is 6.54 Å². The van der Waals surface area contributed by atoms with E-state index in [9.17, 15) is 4.79 Å². The Morgan fingerprint density at radius 3 is 2.93 bits per heavy atom. The quantitative estimate of drug-likeness (QED) is 0.455. The van der Waals surface area contributed by atoms with Gasteiger partial charge in [0.15, 0.2) is 0 Å². The summed E-state index contributed by atoms with van der Waals surface area (Å²) in [6.45, 7) is 12.1. The van der Waals surface area contributed by atoms with Gasteiger partial charge in [0.25, 0.3) is 0 Å². The molecule has 142 valence electrons. The lowest BCUT2D eigenvalue weighted by Crippen LogP contribution is -2.57. The smallest absolute Gasteiger partial charge is 0.338 e. The van der Waals surface area contributed by atoms with Gasteiger partial charge in [0, 0.05) is 23.7 Å². The number of carbonyl (C=O) groups excluding carboxylic acids is 1. The zero-order valence-electron chi connectivity index (χ0n) is 16.3. The van der Waals surface area contributed by atoms with E-state index < -0.39 is 0 Å².